The zero-order valence-electron chi connectivity index (χ0n) is 9.05. The number of hydrogen-bond donors (Lipinski definition) is 1. The third kappa shape index (κ3) is 3.54. The second-order valence-electron chi connectivity index (χ2n) is 3.77. The van der Waals surface area contributed by atoms with Crippen LogP contribution in [-0.2, 0) is 4.79 Å². The van der Waals surface area contributed by atoms with E-state index < -0.39 is 22.1 Å². The van der Waals surface area contributed by atoms with Crippen molar-refractivity contribution in [2.75, 3.05) is 0 Å². The maximum Gasteiger partial charge on any atom is 0.310 e. The van der Waals surface area contributed by atoms with E-state index in [0.717, 1.165) is 0 Å². The van der Waals surface area contributed by atoms with Crippen molar-refractivity contribution in [3.05, 3.63) is 32.8 Å². The highest BCUT2D eigenvalue weighted by atomic mass is 35.5. The zero-order chi connectivity index (χ0) is 13.0. The van der Waals surface area contributed by atoms with Gasteiger partial charge in [0, 0.05) is 5.92 Å². The van der Waals surface area contributed by atoms with Gasteiger partial charge in [0.05, 0.1) is 21.0 Å². The van der Waals surface area contributed by atoms with Gasteiger partial charge in [0.1, 0.15) is 4.33 Å². The third-order valence-electron chi connectivity index (χ3n) is 2.68. The molecule has 1 aromatic rings. The highest BCUT2D eigenvalue weighted by molar-refractivity contribution is 7.59. The Balaban J connectivity index is 0.00000162. The van der Waals surface area contributed by atoms with Gasteiger partial charge >= 0.3 is 5.97 Å². The lowest BCUT2D eigenvalue weighted by molar-refractivity contribution is -0.138. The fourth-order valence-corrected chi connectivity index (χ4v) is 3.23. The summed E-state index contributed by atoms with van der Waals surface area (Å²) >= 11 is 29.3. The van der Waals surface area contributed by atoms with Crippen molar-refractivity contribution in [1.29, 1.82) is 0 Å². The van der Waals surface area contributed by atoms with Crippen molar-refractivity contribution in [2.24, 2.45) is 5.92 Å². The average molecular weight is 403 g/mol. The Morgan fingerprint density at radius 2 is 1.53 bits per heavy atom. The van der Waals surface area contributed by atoms with E-state index in [1.165, 1.54) is 12.1 Å². The lowest BCUT2D eigenvalue weighted by Gasteiger charge is -2.04. The van der Waals surface area contributed by atoms with Crippen molar-refractivity contribution in [3.63, 3.8) is 0 Å². The van der Waals surface area contributed by atoms with Crippen molar-refractivity contribution in [2.45, 2.75) is 10.3 Å². The van der Waals surface area contributed by atoms with Crippen molar-refractivity contribution < 1.29 is 9.90 Å². The predicted molar refractivity (Wildman–Crippen MR) is 90.5 cm³/mol. The SMILES string of the molecule is O=C(O)[C@@H]1C(c2cc(Cl)c(Cl)c(Cl)c2)C1(Cl)Cl.S.S. The molecule has 0 heterocycles. The smallest absolute Gasteiger partial charge is 0.310 e. The summed E-state index contributed by atoms with van der Waals surface area (Å²) < 4.78 is -1.33. The topological polar surface area (TPSA) is 37.3 Å². The molecule has 2 atom stereocenters. The minimum absolute atomic E-state index is 0. The molecule has 2 rings (SSSR count). The molecule has 0 amide bonds. The quantitative estimate of drug-likeness (QED) is 0.567. The number of carbonyl (C=O) groups is 1. The van der Waals surface area contributed by atoms with Gasteiger partial charge in [0.25, 0.3) is 0 Å². The summed E-state index contributed by atoms with van der Waals surface area (Å²) in [6.07, 6.45) is 0. The fourth-order valence-electron chi connectivity index (χ4n) is 1.80. The van der Waals surface area contributed by atoms with E-state index in [9.17, 15) is 4.79 Å². The Labute approximate surface area is 149 Å². The van der Waals surface area contributed by atoms with Gasteiger partial charge < -0.3 is 5.11 Å². The van der Waals surface area contributed by atoms with E-state index in [1.807, 2.05) is 0 Å². The summed E-state index contributed by atoms with van der Waals surface area (Å²) in [4.78, 5) is 10.9. The van der Waals surface area contributed by atoms with E-state index in [2.05, 4.69) is 0 Å². The molecular formula is C10H9Cl5O2S2. The number of carboxylic acids is 1. The van der Waals surface area contributed by atoms with Crippen molar-refractivity contribution in [3.8, 4) is 0 Å². The fraction of sp³-hybridized carbons (Fsp3) is 0.300. The Kier molecular flexibility index (Phi) is 7.03. The molecule has 1 fully saturated rings. The van der Waals surface area contributed by atoms with Crippen LogP contribution in [0.2, 0.25) is 15.1 Å². The summed E-state index contributed by atoms with van der Waals surface area (Å²) in [6, 6.07) is 3.06. The van der Waals surface area contributed by atoms with Gasteiger partial charge in [-0.2, -0.15) is 27.0 Å². The van der Waals surface area contributed by atoms with Gasteiger partial charge in [-0.15, -0.1) is 0 Å². The van der Waals surface area contributed by atoms with Crippen LogP contribution in [0.4, 0.5) is 0 Å². The van der Waals surface area contributed by atoms with Crippen LogP contribution in [0.25, 0.3) is 0 Å². The molecule has 9 heteroatoms. The van der Waals surface area contributed by atoms with Crippen LogP contribution < -0.4 is 0 Å². The van der Waals surface area contributed by atoms with Gasteiger partial charge in [-0.1, -0.05) is 58.0 Å². The average Bonchev–Trinajstić information content (AvgIpc) is 2.77. The molecule has 0 aliphatic heterocycles. The van der Waals surface area contributed by atoms with Gasteiger partial charge in [0.15, 0.2) is 0 Å². The lowest BCUT2D eigenvalue weighted by Crippen LogP contribution is -2.03. The standard InChI is InChI=1S/C10H5Cl5O2.2H2S/c11-4-1-3(2-5(12)8(4)13)6-7(9(16)17)10(6,14)15;;/h1-2,6-7H,(H,16,17);2*1H2/t6?,7-;;/m0../s1. The van der Waals surface area contributed by atoms with E-state index in [4.69, 9.17) is 63.1 Å². The molecule has 1 saturated carbocycles. The second kappa shape index (κ2) is 6.73. The van der Waals surface area contributed by atoms with Crippen LogP contribution >= 0.6 is 85.0 Å². The Bertz CT molecular complexity index is 486. The Hall–Kier alpha value is 0.840. The van der Waals surface area contributed by atoms with Crippen molar-refractivity contribution in [1.82, 2.24) is 0 Å². The first-order valence-corrected chi connectivity index (χ1v) is 6.41. The van der Waals surface area contributed by atoms with Crippen LogP contribution in [0.1, 0.15) is 11.5 Å². The number of alkyl halides is 2. The van der Waals surface area contributed by atoms with Crippen LogP contribution in [0.5, 0.6) is 0 Å². The van der Waals surface area contributed by atoms with Crippen LogP contribution in [0.15, 0.2) is 12.1 Å². The Morgan fingerprint density at radius 3 is 1.84 bits per heavy atom. The number of aliphatic carboxylic acids is 1. The van der Waals surface area contributed by atoms with Gasteiger partial charge in [-0.05, 0) is 17.7 Å². The summed E-state index contributed by atoms with van der Waals surface area (Å²) in [5.41, 5.74) is 0.571. The molecule has 19 heavy (non-hydrogen) atoms. The second-order valence-corrected chi connectivity index (χ2v) is 6.40. The molecule has 0 saturated heterocycles. The summed E-state index contributed by atoms with van der Waals surface area (Å²) in [6.45, 7) is 0. The van der Waals surface area contributed by atoms with Gasteiger partial charge in [0.2, 0.25) is 0 Å². The molecule has 0 spiro atoms. The lowest BCUT2D eigenvalue weighted by atomic mass is 10.1. The van der Waals surface area contributed by atoms with Crippen molar-refractivity contribution >= 4 is 91.0 Å². The zero-order valence-corrected chi connectivity index (χ0v) is 14.8. The van der Waals surface area contributed by atoms with Crippen LogP contribution in [0, 0.1) is 5.92 Å². The third-order valence-corrected chi connectivity index (χ3v) is 4.82. The number of benzene rings is 1. The summed E-state index contributed by atoms with van der Waals surface area (Å²) in [5.74, 6) is -2.45. The highest BCUT2D eigenvalue weighted by Gasteiger charge is 2.68. The summed E-state index contributed by atoms with van der Waals surface area (Å²) in [5, 5.41) is 9.66. The molecule has 2 nitrogen and oxygen atoms in total. The molecule has 1 unspecified atom stereocenters. The molecule has 1 aliphatic rings. The molecule has 1 aromatic carbocycles. The monoisotopic (exact) mass is 400 g/mol. The van der Waals surface area contributed by atoms with E-state index in [0.29, 0.717) is 5.56 Å². The van der Waals surface area contributed by atoms with E-state index in [1.54, 1.807) is 0 Å². The number of carboxylic acid groups (broad SMARTS) is 1. The predicted octanol–water partition coefficient (Wildman–Crippen LogP) is 4.84. The van der Waals surface area contributed by atoms with Crippen LogP contribution in [-0.4, -0.2) is 15.4 Å². The molecule has 1 aliphatic carbocycles. The molecular weight excluding hydrogens is 394 g/mol. The highest BCUT2D eigenvalue weighted by Crippen LogP contribution is 2.65. The van der Waals surface area contributed by atoms with E-state index in [-0.39, 0.29) is 42.1 Å². The first kappa shape index (κ1) is 19.8. The maximum absolute atomic E-state index is 10.9. The maximum atomic E-state index is 10.9. The molecule has 0 bridgehead atoms. The molecule has 0 aromatic heterocycles. The minimum Gasteiger partial charge on any atom is -0.481 e. The number of halogens is 5. The van der Waals surface area contributed by atoms with E-state index >= 15 is 0 Å². The number of hydrogen-bond acceptors (Lipinski definition) is 1. The summed E-state index contributed by atoms with van der Waals surface area (Å²) in [7, 11) is 0. The molecule has 1 N–H and O–H groups in total. The van der Waals surface area contributed by atoms with Gasteiger partial charge in [-0.25, -0.2) is 0 Å². The number of rotatable bonds is 2. The first-order valence-electron chi connectivity index (χ1n) is 4.52. The Morgan fingerprint density at radius 1 is 1.11 bits per heavy atom. The molecule has 108 valence electrons. The van der Waals surface area contributed by atoms with Gasteiger partial charge in [-0.3, -0.25) is 4.79 Å². The molecule has 0 radical (unpaired) electrons. The normalized spacial score (nSPS) is 23.0. The minimum atomic E-state index is -1.33. The first-order chi connectivity index (χ1) is 7.76. The van der Waals surface area contributed by atoms with Crippen LogP contribution in [0.3, 0.4) is 0 Å². The largest absolute Gasteiger partial charge is 0.481 e.